The lowest BCUT2D eigenvalue weighted by Gasteiger charge is -2.42. The van der Waals surface area contributed by atoms with Crippen LogP contribution in [0.15, 0.2) is 24.3 Å². The number of carbonyl (C=O) groups is 3. The first-order valence-electron chi connectivity index (χ1n) is 10.7. The summed E-state index contributed by atoms with van der Waals surface area (Å²) in [7, 11) is 0. The molecule has 0 radical (unpaired) electrons. The summed E-state index contributed by atoms with van der Waals surface area (Å²) in [4.78, 5) is 49.4. The number of amides is 4. The Morgan fingerprint density at radius 2 is 1.94 bits per heavy atom. The van der Waals surface area contributed by atoms with E-state index in [1.165, 1.54) is 6.07 Å². The van der Waals surface area contributed by atoms with Gasteiger partial charge in [0.15, 0.2) is 0 Å². The van der Waals surface area contributed by atoms with Crippen LogP contribution in [0.3, 0.4) is 0 Å². The number of imide groups is 1. The van der Waals surface area contributed by atoms with Crippen LogP contribution < -0.4 is 10.6 Å². The lowest BCUT2D eigenvalue weighted by molar-refractivity contribution is -0.385. The Morgan fingerprint density at radius 3 is 2.55 bits per heavy atom. The van der Waals surface area contributed by atoms with E-state index >= 15 is 0 Å². The fourth-order valence-electron chi connectivity index (χ4n) is 4.57. The van der Waals surface area contributed by atoms with Crippen molar-refractivity contribution in [1.29, 1.82) is 0 Å². The molecule has 0 unspecified atom stereocenters. The molecule has 2 N–H and O–H groups in total. The highest BCUT2D eigenvalue weighted by atomic mass is 16.6. The van der Waals surface area contributed by atoms with Crippen LogP contribution in [-0.2, 0) is 16.1 Å². The third kappa shape index (κ3) is 4.55. The molecule has 1 saturated heterocycles. The van der Waals surface area contributed by atoms with Crippen LogP contribution in [0.4, 0.5) is 10.5 Å². The van der Waals surface area contributed by atoms with Crippen molar-refractivity contribution in [2.24, 2.45) is 11.3 Å². The summed E-state index contributed by atoms with van der Waals surface area (Å²) in [6.07, 6.45) is 3.89. The van der Waals surface area contributed by atoms with Crippen molar-refractivity contribution < 1.29 is 19.3 Å². The quantitative estimate of drug-likeness (QED) is 0.391. The SMILES string of the molecule is CCC(C)(C)C1CCC2(CC1)NC(=O)N(CC(=O)NCc1ccccc1[N+](=O)[O-])C2=O. The third-order valence-corrected chi connectivity index (χ3v) is 7.07. The molecule has 3 rings (SSSR count). The van der Waals surface area contributed by atoms with Gasteiger partial charge in [-0.3, -0.25) is 24.6 Å². The number of hydrogen-bond donors (Lipinski definition) is 2. The summed E-state index contributed by atoms with van der Waals surface area (Å²) < 4.78 is 0. The molecule has 1 aromatic carbocycles. The molecular weight excluding hydrogens is 400 g/mol. The maximum absolute atomic E-state index is 13.0. The van der Waals surface area contributed by atoms with Gasteiger partial charge in [-0.1, -0.05) is 45.4 Å². The average molecular weight is 431 g/mol. The predicted molar refractivity (Wildman–Crippen MR) is 114 cm³/mol. The minimum Gasteiger partial charge on any atom is -0.350 e. The second kappa shape index (κ2) is 8.64. The largest absolute Gasteiger partial charge is 0.350 e. The van der Waals surface area contributed by atoms with E-state index in [4.69, 9.17) is 0 Å². The minimum absolute atomic E-state index is 0.0570. The molecule has 0 atom stereocenters. The van der Waals surface area contributed by atoms with Gasteiger partial charge in [0.25, 0.3) is 11.6 Å². The average Bonchev–Trinajstić information content (AvgIpc) is 2.96. The zero-order valence-electron chi connectivity index (χ0n) is 18.3. The zero-order valence-corrected chi connectivity index (χ0v) is 18.3. The molecule has 0 aromatic heterocycles. The van der Waals surface area contributed by atoms with Gasteiger partial charge < -0.3 is 10.6 Å². The molecule has 1 aliphatic carbocycles. The Bertz CT molecular complexity index is 890. The second-order valence-corrected chi connectivity index (χ2v) is 9.18. The molecule has 1 aromatic rings. The van der Waals surface area contributed by atoms with Gasteiger partial charge in [-0.2, -0.15) is 0 Å². The summed E-state index contributed by atoms with van der Waals surface area (Å²) in [6.45, 7) is 6.17. The Hall–Kier alpha value is -2.97. The standard InChI is InChI=1S/C22H30N4O5/c1-4-21(2,3)16-9-11-22(12-10-16)19(28)25(20(29)24-22)14-18(27)23-13-15-7-5-6-8-17(15)26(30)31/h5-8,16H,4,9-14H2,1-3H3,(H,23,27)(H,24,29). The summed E-state index contributed by atoms with van der Waals surface area (Å²) in [6, 6.07) is 5.55. The smallest absolute Gasteiger partial charge is 0.325 e. The van der Waals surface area contributed by atoms with Crippen molar-refractivity contribution in [2.45, 2.75) is 65.0 Å². The van der Waals surface area contributed by atoms with Crippen LogP contribution in [0.2, 0.25) is 0 Å². The third-order valence-electron chi connectivity index (χ3n) is 7.07. The first-order chi connectivity index (χ1) is 14.6. The number of hydrogen-bond acceptors (Lipinski definition) is 5. The topological polar surface area (TPSA) is 122 Å². The van der Waals surface area contributed by atoms with Gasteiger partial charge in [-0.15, -0.1) is 0 Å². The Balaban J connectivity index is 1.59. The van der Waals surface area contributed by atoms with E-state index < -0.39 is 28.9 Å². The van der Waals surface area contributed by atoms with Crippen LogP contribution in [0.1, 0.15) is 58.4 Å². The lowest BCUT2D eigenvalue weighted by Crippen LogP contribution is -2.51. The van der Waals surface area contributed by atoms with E-state index in [0.717, 1.165) is 24.2 Å². The highest BCUT2D eigenvalue weighted by molar-refractivity contribution is 6.09. The molecule has 1 saturated carbocycles. The number of nitro groups is 1. The normalized spacial score (nSPS) is 23.7. The Morgan fingerprint density at radius 1 is 1.29 bits per heavy atom. The van der Waals surface area contributed by atoms with Crippen LogP contribution in [-0.4, -0.2) is 39.8 Å². The molecule has 4 amide bonds. The van der Waals surface area contributed by atoms with Gasteiger partial charge in [0.2, 0.25) is 5.91 Å². The molecule has 2 fully saturated rings. The van der Waals surface area contributed by atoms with Gasteiger partial charge in [-0.05, 0) is 37.0 Å². The van der Waals surface area contributed by atoms with E-state index in [0.29, 0.717) is 24.3 Å². The van der Waals surface area contributed by atoms with Gasteiger partial charge in [0.1, 0.15) is 12.1 Å². The summed E-state index contributed by atoms with van der Waals surface area (Å²) in [5.74, 6) is -0.405. The predicted octanol–water partition coefficient (Wildman–Crippen LogP) is 3.13. The number of urea groups is 1. The molecule has 1 aliphatic heterocycles. The molecule has 2 aliphatic rings. The molecule has 1 heterocycles. The van der Waals surface area contributed by atoms with Crippen LogP contribution in [0.25, 0.3) is 0 Å². The Labute approximate surface area is 181 Å². The van der Waals surface area contributed by atoms with Gasteiger partial charge >= 0.3 is 6.03 Å². The fourth-order valence-corrected chi connectivity index (χ4v) is 4.57. The first kappa shape index (κ1) is 22.7. The van der Waals surface area contributed by atoms with E-state index in [2.05, 4.69) is 31.4 Å². The molecule has 31 heavy (non-hydrogen) atoms. The van der Waals surface area contributed by atoms with Crippen molar-refractivity contribution in [2.75, 3.05) is 6.54 Å². The van der Waals surface area contributed by atoms with E-state index in [1.54, 1.807) is 18.2 Å². The number of nitro benzene ring substituents is 1. The second-order valence-electron chi connectivity index (χ2n) is 9.18. The van der Waals surface area contributed by atoms with Crippen molar-refractivity contribution >= 4 is 23.5 Å². The van der Waals surface area contributed by atoms with E-state index in [1.807, 2.05) is 0 Å². The van der Waals surface area contributed by atoms with Gasteiger partial charge in [0, 0.05) is 18.2 Å². The Kier molecular flexibility index (Phi) is 6.33. The van der Waals surface area contributed by atoms with Crippen molar-refractivity contribution in [3.8, 4) is 0 Å². The van der Waals surface area contributed by atoms with Crippen molar-refractivity contribution in [3.05, 3.63) is 39.9 Å². The van der Waals surface area contributed by atoms with Crippen LogP contribution >= 0.6 is 0 Å². The highest BCUT2D eigenvalue weighted by Crippen LogP contribution is 2.45. The van der Waals surface area contributed by atoms with Crippen molar-refractivity contribution in [3.63, 3.8) is 0 Å². The first-order valence-corrected chi connectivity index (χ1v) is 10.7. The minimum atomic E-state index is -0.921. The number of rotatable bonds is 7. The lowest BCUT2D eigenvalue weighted by atomic mass is 9.65. The number of benzene rings is 1. The number of para-hydroxylation sites is 1. The molecule has 0 bridgehead atoms. The number of carbonyl (C=O) groups excluding carboxylic acids is 3. The molecule has 9 nitrogen and oxygen atoms in total. The van der Waals surface area contributed by atoms with E-state index in [-0.39, 0.29) is 23.6 Å². The van der Waals surface area contributed by atoms with E-state index in [9.17, 15) is 24.5 Å². The number of nitrogens with one attached hydrogen (secondary N) is 2. The van der Waals surface area contributed by atoms with Crippen LogP contribution in [0.5, 0.6) is 0 Å². The fraction of sp³-hybridized carbons (Fsp3) is 0.591. The summed E-state index contributed by atoms with van der Waals surface area (Å²) in [5, 5.41) is 16.5. The monoisotopic (exact) mass is 430 g/mol. The maximum Gasteiger partial charge on any atom is 0.325 e. The molecule has 168 valence electrons. The summed E-state index contributed by atoms with van der Waals surface area (Å²) in [5.41, 5.74) is -0.474. The van der Waals surface area contributed by atoms with Gasteiger partial charge in [0.05, 0.1) is 4.92 Å². The van der Waals surface area contributed by atoms with Gasteiger partial charge in [-0.25, -0.2) is 4.79 Å². The highest BCUT2D eigenvalue weighted by Gasteiger charge is 2.53. The molecular formula is C22H30N4O5. The maximum atomic E-state index is 13.0. The number of nitrogens with zero attached hydrogens (tertiary/aromatic N) is 2. The summed E-state index contributed by atoms with van der Waals surface area (Å²) >= 11 is 0. The molecule has 1 spiro atoms. The van der Waals surface area contributed by atoms with Crippen molar-refractivity contribution in [1.82, 2.24) is 15.5 Å². The van der Waals surface area contributed by atoms with Crippen LogP contribution in [0, 0.1) is 21.4 Å². The zero-order chi connectivity index (χ0) is 22.8. The molecule has 9 heteroatoms.